The van der Waals surface area contributed by atoms with Gasteiger partial charge in [0.25, 0.3) is 0 Å². The molecule has 0 fully saturated rings. The van der Waals surface area contributed by atoms with E-state index < -0.39 is 6.10 Å². The summed E-state index contributed by atoms with van der Waals surface area (Å²) in [5, 5.41) is 23.0. The van der Waals surface area contributed by atoms with Crippen molar-refractivity contribution in [2.24, 2.45) is 0 Å². The molecule has 2 atom stereocenters. The average Bonchev–Trinajstić information content (AvgIpc) is 2.61. The Labute approximate surface area is 143 Å². The highest BCUT2D eigenvalue weighted by Gasteiger charge is 2.15. The fraction of sp³-hybridized carbons (Fsp3) is 0.333. The van der Waals surface area contributed by atoms with Crippen molar-refractivity contribution in [2.45, 2.75) is 38.3 Å². The molecule has 2 aromatic carbocycles. The van der Waals surface area contributed by atoms with Crippen LogP contribution in [0.1, 0.15) is 42.6 Å². The fourth-order valence-corrected chi connectivity index (χ4v) is 3.29. The Hall–Kier alpha value is -2.10. The van der Waals surface area contributed by atoms with Crippen LogP contribution in [0.5, 0.6) is 5.75 Å². The number of phenols is 1. The third-order valence-electron chi connectivity index (χ3n) is 4.63. The van der Waals surface area contributed by atoms with E-state index in [2.05, 4.69) is 42.6 Å². The van der Waals surface area contributed by atoms with Gasteiger partial charge in [0.05, 0.1) is 6.10 Å². The maximum atomic E-state index is 10.3. The quantitative estimate of drug-likeness (QED) is 0.757. The molecular formula is C21H25NO2. The molecule has 24 heavy (non-hydrogen) atoms. The first-order chi connectivity index (χ1) is 11.6. The summed E-state index contributed by atoms with van der Waals surface area (Å²) >= 11 is 0. The maximum Gasteiger partial charge on any atom is 0.115 e. The van der Waals surface area contributed by atoms with Gasteiger partial charge in [0.15, 0.2) is 0 Å². The van der Waals surface area contributed by atoms with E-state index in [1.54, 1.807) is 24.3 Å². The Morgan fingerprint density at radius 1 is 1.08 bits per heavy atom. The zero-order valence-electron chi connectivity index (χ0n) is 14.1. The molecule has 2 unspecified atom stereocenters. The number of allylic oxidation sites excluding steroid dienone is 1. The van der Waals surface area contributed by atoms with Crippen molar-refractivity contribution >= 4 is 5.57 Å². The van der Waals surface area contributed by atoms with Crippen LogP contribution < -0.4 is 5.32 Å². The number of benzene rings is 2. The van der Waals surface area contributed by atoms with Gasteiger partial charge in [-0.1, -0.05) is 42.5 Å². The van der Waals surface area contributed by atoms with Crippen LogP contribution in [0.4, 0.5) is 0 Å². The van der Waals surface area contributed by atoms with Crippen molar-refractivity contribution in [3.8, 4) is 5.75 Å². The van der Waals surface area contributed by atoms with Crippen LogP contribution in [0, 0.1) is 0 Å². The second-order valence-corrected chi connectivity index (χ2v) is 6.55. The average molecular weight is 323 g/mol. The van der Waals surface area contributed by atoms with Gasteiger partial charge in [-0.2, -0.15) is 0 Å². The van der Waals surface area contributed by atoms with Gasteiger partial charge < -0.3 is 15.5 Å². The van der Waals surface area contributed by atoms with E-state index in [1.807, 2.05) is 0 Å². The number of hydrogen-bond acceptors (Lipinski definition) is 3. The van der Waals surface area contributed by atoms with Crippen molar-refractivity contribution in [2.75, 3.05) is 6.54 Å². The summed E-state index contributed by atoms with van der Waals surface area (Å²) in [5.41, 5.74) is 5.02. The molecule has 1 aliphatic carbocycles. The number of nitrogens with one attached hydrogen (secondary N) is 1. The van der Waals surface area contributed by atoms with Gasteiger partial charge in [-0.25, -0.2) is 0 Å². The van der Waals surface area contributed by atoms with Crippen LogP contribution in [-0.2, 0) is 6.42 Å². The molecule has 0 heterocycles. The molecule has 3 nitrogen and oxygen atoms in total. The maximum absolute atomic E-state index is 10.3. The molecule has 0 aromatic heterocycles. The van der Waals surface area contributed by atoms with Gasteiger partial charge in [0, 0.05) is 12.6 Å². The number of aryl methyl sites for hydroxylation is 1. The van der Waals surface area contributed by atoms with E-state index in [4.69, 9.17) is 0 Å². The predicted molar refractivity (Wildman–Crippen MR) is 97.9 cm³/mol. The Balaban J connectivity index is 1.55. The van der Waals surface area contributed by atoms with E-state index in [0.717, 1.165) is 24.8 Å². The van der Waals surface area contributed by atoms with Crippen LogP contribution in [0.25, 0.3) is 5.57 Å². The second kappa shape index (κ2) is 7.65. The monoisotopic (exact) mass is 323 g/mol. The third kappa shape index (κ3) is 4.05. The Kier molecular flexibility index (Phi) is 5.34. The number of aliphatic hydroxyl groups is 1. The first-order valence-corrected chi connectivity index (χ1v) is 8.61. The van der Waals surface area contributed by atoms with Crippen molar-refractivity contribution in [1.29, 1.82) is 0 Å². The molecule has 3 rings (SSSR count). The molecule has 0 saturated carbocycles. The van der Waals surface area contributed by atoms with Crippen LogP contribution in [-0.4, -0.2) is 22.8 Å². The molecule has 1 aliphatic rings. The molecule has 0 aliphatic heterocycles. The summed E-state index contributed by atoms with van der Waals surface area (Å²) in [5.74, 6) is 0.218. The minimum atomic E-state index is -0.569. The minimum absolute atomic E-state index is 0.218. The Bertz CT molecular complexity index is 706. The van der Waals surface area contributed by atoms with Crippen molar-refractivity contribution in [3.63, 3.8) is 0 Å². The highest BCUT2D eigenvalue weighted by molar-refractivity contribution is 5.70. The fourth-order valence-electron chi connectivity index (χ4n) is 3.29. The third-order valence-corrected chi connectivity index (χ3v) is 4.63. The number of rotatable bonds is 6. The summed E-state index contributed by atoms with van der Waals surface area (Å²) in [6.45, 7) is 2.66. The van der Waals surface area contributed by atoms with Crippen molar-refractivity contribution in [3.05, 3.63) is 71.3 Å². The Morgan fingerprint density at radius 2 is 1.83 bits per heavy atom. The van der Waals surface area contributed by atoms with Crippen molar-refractivity contribution < 1.29 is 10.2 Å². The van der Waals surface area contributed by atoms with Crippen LogP contribution in [0.2, 0.25) is 0 Å². The number of fused-ring (bicyclic) bond motifs is 1. The summed E-state index contributed by atoms with van der Waals surface area (Å²) in [7, 11) is 0. The van der Waals surface area contributed by atoms with Gasteiger partial charge >= 0.3 is 0 Å². The lowest BCUT2D eigenvalue weighted by Gasteiger charge is -2.22. The van der Waals surface area contributed by atoms with Gasteiger partial charge in [-0.05, 0) is 60.6 Å². The Morgan fingerprint density at radius 3 is 2.62 bits per heavy atom. The van der Waals surface area contributed by atoms with Gasteiger partial charge in [-0.15, -0.1) is 0 Å². The van der Waals surface area contributed by atoms with Crippen LogP contribution >= 0.6 is 0 Å². The molecule has 0 saturated heterocycles. The van der Waals surface area contributed by atoms with Crippen molar-refractivity contribution in [1.82, 2.24) is 5.32 Å². The van der Waals surface area contributed by atoms with Crippen LogP contribution in [0.15, 0.2) is 54.6 Å². The van der Waals surface area contributed by atoms with Gasteiger partial charge in [0.2, 0.25) is 0 Å². The van der Waals surface area contributed by atoms with E-state index in [0.29, 0.717) is 6.54 Å². The first-order valence-electron chi connectivity index (χ1n) is 8.61. The van der Waals surface area contributed by atoms with Gasteiger partial charge in [-0.3, -0.25) is 0 Å². The molecule has 0 radical (unpaired) electrons. The highest BCUT2D eigenvalue weighted by atomic mass is 16.3. The lowest BCUT2D eigenvalue weighted by Crippen LogP contribution is -2.30. The zero-order chi connectivity index (χ0) is 16.9. The van der Waals surface area contributed by atoms with Crippen LogP contribution in [0.3, 0.4) is 0 Å². The summed E-state index contributed by atoms with van der Waals surface area (Å²) < 4.78 is 0. The minimum Gasteiger partial charge on any atom is -0.508 e. The molecule has 3 N–H and O–H groups in total. The molecule has 0 bridgehead atoms. The number of phenolic OH excluding ortho intramolecular Hbond substituents is 1. The molecular weight excluding hydrogens is 298 g/mol. The van der Waals surface area contributed by atoms with Gasteiger partial charge in [0.1, 0.15) is 5.75 Å². The topological polar surface area (TPSA) is 52.5 Å². The zero-order valence-corrected chi connectivity index (χ0v) is 14.1. The molecule has 3 heteroatoms. The number of aromatic hydroxyl groups is 1. The number of aliphatic hydroxyl groups excluding tert-OH is 1. The second-order valence-electron chi connectivity index (χ2n) is 6.55. The van der Waals surface area contributed by atoms with E-state index >= 15 is 0 Å². The molecule has 2 aromatic rings. The summed E-state index contributed by atoms with van der Waals surface area (Å²) in [4.78, 5) is 0. The smallest absolute Gasteiger partial charge is 0.115 e. The lowest BCUT2D eigenvalue weighted by molar-refractivity contribution is 0.171. The van der Waals surface area contributed by atoms with E-state index in [-0.39, 0.29) is 11.8 Å². The normalized spacial score (nSPS) is 16.2. The SMILES string of the molecule is CC(CC1=CCCc2ccccc21)NCC(O)c1ccc(O)cc1. The summed E-state index contributed by atoms with van der Waals surface area (Å²) in [6, 6.07) is 15.6. The molecule has 0 spiro atoms. The predicted octanol–water partition coefficient (Wildman–Crippen LogP) is 3.82. The standard InChI is InChI=1S/C21H25NO2/c1-15(22-14-21(24)17-9-11-19(23)12-10-17)13-18-7-4-6-16-5-2-3-8-20(16)18/h2-3,5,7-12,15,21-24H,4,6,13-14H2,1H3. The molecule has 0 amide bonds. The first kappa shape index (κ1) is 16.7. The van der Waals surface area contributed by atoms with E-state index in [1.165, 1.54) is 16.7 Å². The lowest BCUT2D eigenvalue weighted by atomic mass is 9.88. The number of hydrogen-bond donors (Lipinski definition) is 3. The highest BCUT2D eigenvalue weighted by Crippen LogP contribution is 2.29. The summed E-state index contributed by atoms with van der Waals surface area (Å²) in [6.07, 6.45) is 4.97. The molecule has 126 valence electrons. The van der Waals surface area contributed by atoms with E-state index in [9.17, 15) is 10.2 Å². The largest absolute Gasteiger partial charge is 0.508 e.